The number of aliphatic hydroxyl groups is 1. The highest BCUT2D eigenvalue weighted by atomic mass is 32.1. The molecule has 0 bridgehead atoms. The Morgan fingerprint density at radius 2 is 2.31 bits per heavy atom. The molecule has 1 aromatic heterocycles. The molecular formula is C13H21NOS. The van der Waals surface area contributed by atoms with Gasteiger partial charge in [0.2, 0.25) is 0 Å². The van der Waals surface area contributed by atoms with Crippen molar-refractivity contribution in [2.24, 2.45) is 0 Å². The molecule has 1 saturated heterocycles. The van der Waals surface area contributed by atoms with Crippen LogP contribution in [0.25, 0.3) is 0 Å². The first-order valence-corrected chi connectivity index (χ1v) is 7.01. The minimum absolute atomic E-state index is 0.324. The molecule has 1 aliphatic heterocycles. The van der Waals surface area contributed by atoms with Crippen LogP contribution < -0.4 is 0 Å². The highest BCUT2D eigenvalue weighted by Crippen LogP contribution is 2.24. The highest BCUT2D eigenvalue weighted by molar-refractivity contribution is 7.11. The first-order valence-electron chi connectivity index (χ1n) is 6.20. The van der Waals surface area contributed by atoms with Gasteiger partial charge in [-0.2, -0.15) is 0 Å². The zero-order chi connectivity index (χ0) is 11.4. The SMILES string of the molecule is Cc1ccc(CN2CCCCC2CCO)s1. The normalized spacial score (nSPS) is 22.5. The minimum Gasteiger partial charge on any atom is -0.396 e. The number of hydrogen-bond acceptors (Lipinski definition) is 3. The Morgan fingerprint density at radius 1 is 1.44 bits per heavy atom. The number of nitrogens with zero attached hydrogens (tertiary/aromatic N) is 1. The molecule has 1 N–H and O–H groups in total. The van der Waals surface area contributed by atoms with Gasteiger partial charge in [-0.25, -0.2) is 0 Å². The third kappa shape index (κ3) is 3.06. The average molecular weight is 239 g/mol. The number of aryl methyl sites for hydroxylation is 1. The number of thiophene rings is 1. The first-order chi connectivity index (χ1) is 7.79. The van der Waals surface area contributed by atoms with E-state index in [9.17, 15) is 0 Å². The third-order valence-corrected chi connectivity index (χ3v) is 4.35. The third-order valence-electron chi connectivity index (χ3n) is 3.37. The summed E-state index contributed by atoms with van der Waals surface area (Å²) < 4.78 is 0. The van der Waals surface area contributed by atoms with E-state index in [1.165, 1.54) is 35.6 Å². The Kier molecular flexibility index (Phi) is 4.38. The fourth-order valence-electron chi connectivity index (χ4n) is 2.51. The molecule has 0 aromatic carbocycles. The Bertz CT molecular complexity index is 321. The zero-order valence-corrected chi connectivity index (χ0v) is 10.8. The maximum Gasteiger partial charge on any atom is 0.0445 e. The zero-order valence-electron chi connectivity index (χ0n) is 9.98. The van der Waals surface area contributed by atoms with Crippen LogP contribution in [-0.2, 0) is 6.54 Å². The van der Waals surface area contributed by atoms with Crippen LogP contribution in [0.4, 0.5) is 0 Å². The lowest BCUT2D eigenvalue weighted by atomic mass is 9.99. The predicted molar refractivity (Wildman–Crippen MR) is 68.8 cm³/mol. The molecule has 2 rings (SSSR count). The van der Waals surface area contributed by atoms with Crippen molar-refractivity contribution in [3.05, 3.63) is 21.9 Å². The fourth-order valence-corrected chi connectivity index (χ4v) is 3.43. The Morgan fingerprint density at radius 3 is 3.00 bits per heavy atom. The van der Waals surface area contributed by atoms with Gasteiger partial charge in [-0.3, -0.25) is 4.90 Å². The first kappa shape index (κ1) is 12.1. The van der Waals surface area contributed by atoms with E-state index in [1.807, 2.05) is 11.3 Å². The largest absolute Gasteiger partial charge is 0.396 e. The van der Waals surface area contributed by atoms with E-state index in [0.717, 1.165) is 13.0 Å². The summed E-state index contributed by atoms with van der Waals surface area (Å²) in [5, 5.41) is 9.08. The Hall–Kier alpha value is -0.380. The van der Waals surface area contributed by atoms with Crippen molar-refractivity contribution in [3.63, 3.8) is 0 Å². The van der Waals surface area contributed by atoms with E-state index in [4.69, 9.17) is 5.11 Å². The van der Waals surface area contributed by atoms with Crippen LogP contribution >= 0.6 is 11.3 Å². The van der Waals surface area contributed by atoms with Gasteiger partial charge in [0.25, 0.3) is 0 Å². The summed E-state index contributed by atoms with van der Waals surface area (Å²) in [6, 6.07) is 5.04. The molecule has 3 heteroatoms. The molecular weight excluding hydrogens is 218 g/mol. The standard InChI is InChI=1S/C13H21NOS/c1-11-5-6-13(16-11)10-14-8-3-2-4-12(14)7-9-15/h5-6,12,15H,2-4,7-10H2,1H3. The molecule has 0 amide bonds. The summed E-state index contributed by atoms with van der Waals surface area (Å²) in [4.78, 5) is 5.40. The van der Waals surface area contributed by atoms with Crippen LogP contribution in [0.5, 0.6) is 0 Å². The van der Waals surface area contributed by atoms with Crippen molar-refractivity contribution in [2.75, 3.05) is 13.2 Å². The van der Waals surface area contributed by atoms with Crippen molar-refractivity contribution >= 4 is 11.3 Å². The number of aliphatic hydroxyl groups excluding tert-OH is 1. The lowest BCUT2D eigenvalue weighted by Crippen LogP contribution is -2.39. The van der Waals surface area contributed by atoms with Crippen LogP contribution in [0, 0.1) is 6.92 Å². The molecule has 1 unspecified atom stereocenters. The van der Waals surface area contributed by atoms with Crippen molar-refractivity contribution < 1.29 is 5.11 Å². The van der Waals surface area contributed by atoms with Gasteiger partial charge in [-0.05, 0) is 44.9 Å². The van der Waals surface area contributed by atoms with Gasteiger partial charge >= 0.3 is 0 Å². The second-order valence-corrected chi connectivity index (χ2v) is 6.02. The van der Waals surface area contributed by atoms with E-state index in [-0.39, 0.29) is 0 Å². The van der Waals surface area contributed by atoms with Gasteiger partial charge in [-0.15, -0.1) is 11.3 Å². The summed E-state index contributed by atoms with van der Waals surface area (Å²) in [6.45, 7) is 4.75. The molecule has 0 aliphatic carbocycles. The number of hydrogen-bond donors (Lipinski definition) is 1. The van der Waals surface area contributed by atoms with Gasteiger partial charge in [0.1, 0.15) is 0 Å². The van der Waals surface area contributed by atoms with E-state index in [1.54, 1.807) is 0 Å². The van der Waals surface area contributed by atoms with Crippen molar-refractivity contribution in [1.82, 2.24) is 4.90 Å². The summed E-state index contributed by atoms with van der Waals surface area (Å²) in [7, 11) is 0. The van der Waals surface area contributed by atoms with Crippen LogP contribution in [0.3, 0.4) is 0 Å². The lowest BCUT2D eigenvalue weighted by Gasteiger charge is -2.35. The van der Waals surface area contributed by atoms with Crippen LogP contribution in [-0.4, -0.2) is 29.2 Å². The molecule has 1 atom stereocenters. The Balaban J connectivity index is 1.95. The van der Waals surface area contributed by atoms with Gasteiger partial charge in [0, 0.05) is 28.9 Å². The van der Waals surface area contributed by atoms with Crippen molar-refractivity contribution in [3.8, 4) is 0 Å². The predicted octanol–water partition coefficient (Wildman–Crippen LogP) is 2.79. The highest BCUT2D eigenvalue weighted by Gasteiger charge is 2.21. The molecule has 1 aliphatic rings. The smallest absolute Gasteiger partial charge is 0.0445 e. The van der Waals surface area contributed by atoms with Crippen LogP contribution in [0.1, 0.15) is 35.4 Å². The number of piperidine rings is 1. The number of rotatable bonds is 4. The molecule has 2 nitrogen and oxygen atoms in total. The van der Waals surface area contributed by atoms with Crippen molar-refractivity contribution in [1.29, 1.82) is 0 Å². The molecule has 0 radical (unpaired) electrons. The van der Waals surface area contributed by atoms with E-state index >= 15 is 0 Å². The molecule has 1 fully saturated rings. The topological polar surface area (TPSA) is 23.5 Å². The molecule has 1 aromatic rings. The minimum atomic E-state index is 0.324. The lowest BCUT2D eigenvalue weighted by molar-refractivity contribution is 0.113. The average Bonchev–Trinajstić information content (AvgIpc) is 2.67. The van der Waals surface area contributed by atoms with E-state index in [0.29, 0.717) is 12.6 Å². The number of likely N-dealkylation sites (tertiary alicyclic amines) is 1. The van der Waals surface area contributed by atoms with Gasteiger partial charge in [0.05, 0.1) is 0 Å². The second kappa shape index (κ2) is 5.80. The van der Waals surface area contributed by atoms with Crippen molar-refractivity contribution in [2.45, 2.75) is 45.2 Å². The maximum atomic E-state index is 9.08. The van der Waals surface area contributed by atoms with Gasteiger partial charge < -0.3 is 5.11 Å². The fraction of sp³-hybridized carbons (Fsp3) is 0.692. The van der Waals surface area contributed by atoms with Crippen LogP contribution in [0.2, 0.25) is 0 Å². The summed E-state index contributed by atoms with van der Waals surface area (Å²) in [5.74, 6) is 0. The monoisotopic (exact) mass is 239 g/mol. The van der Waals surface area contributed by atoms with Crippen LogP contribution in [0.15, 0.2) is 12.1 Å². The molecule has 90 valence electrons. The summed E-state index contributed by atoms with van der Waals surface area (Å²) in [6.07, 6.45) is 4.83. The molecule has 2 heterocycles. The molecule has 16 heavy (non-hydrogen) atoms. The van der Waals surface area contributed by atoms with Gasteiger partial charge in [-0.1, -0.05) is 6.42 Å². The molecule has 0 spiro atoms. The van der Waals surface area contributed by atoms with E-state index in [2.05, 4.69) is 24.0 Å². The summed E-state index contributed by atoms with van der Waals surface area (Å²) >= 11 is 1.90. The summed E-state index contributed by atoms with van der Waals surface area (Å²) in [5.41, 5.74) is 0. The van der Waals surface area contributed by atoms with E-state index < -0.39 is 0 Å². The Labute approximate surface area is 102 Å². The van der Waals surface area contributed by atoms with Gasteiger partial charge in [0.15, 0.2) is 0 Å². The second-order valence-electron chi connectivity index (χ2n) is 4.64. The quantitative estimate of drug-likeness (QED) is 0.873. The molecule has 0 saturated carbocycles. The maximum absolute atomic E-state index is 9.08.